The Balaban J connectivity index is 2.03. The summed E-state index contributed by atoms with van der Waals surface area (Å²) in [5.41, 5.74) is 1.07. The lowest BCUT2D eigenvalue weighted by Crippen LogP contribution is -2.22. The van der Waals surface area contributed by atoms with Gasteiger partial charge in [-0.15, -0.1) is 0 Å². The van der Waals surface area contributed by atoms with Gasteiger partial charge in [0, 0.05) is 19.8 Å². The molecule has 0 aliphatic heterocycles. The zero-order valence-electron chi connectivity index (χ0n) is 11.1. The molecule has 1 saturated carbocycles. The van der Waals surface area contributed by atoms with Gasteiger partial charge in [-0.2, -0.15) is 0 Å². The normalized spacial score (nSPS) is 16.1. The van der Waals surface area contributed by atoms with Gasteiger partial charge in [0.2, 0.25) is 0 Å². The fourth-order valence-corrected chi connectivity index (χ4v) is 2.36. The summed E-state index contributed by atoms with van der Waals surface area (Å²) in [6.07, 6.45) is 6.76. The molecule has 0 unspecified atom stereocenters. The molecule has 2 N–H and O–H groups in total. The van der Waals surface area contributed by atoms with Gasteiger partial charge in [0.15, 0.2) is 0 Å². The minimum Gasteiger partial charge on any atom is -0.369 e. The molecule has 18 heavy (non-hydrogen) atoms. The van der Waals surface area contributed by atoms with Crippen molar-refractivity contribution in [1.29, 1.82) is 0 Å². The van der Waals surface area contributed by atoms with Gasteiger partial charge in [-0.3, -0.25) is 4.79 Å². The Morgan fingerprint density at radius 2 is 2.28 bits per heavy atom. The third kappa shape index (κ3) is 2.81. The van der Waals surface area contributed by atoms with Gasteiger partial charge >= 0.3 is 0 Å². The lowest BCUT2D eigenvalue weighted by molar-refractivity contribution is 0.0963. The summed E-state index contributed by atoms with van der Waals surface area (Å²) >= 11 is 0. The van der Waals surface area contributed by atoms with E-state index in [4.69, 9.17) is 0 Å². The van der Waals surface area contributed by atoms with Gasteiger partial charge in [-0.25, -0.2) is 4.98 Å². The predicted molar refractivity (Wildman–Crippen MR) is 72.7 cm³/mol. The van der Waals surface area contributed by atoms with Crippen molar-refractivity contribution >= 4 is 11.7 Å². The van der Waals surface area contributed by atoms with Crippen molar-refractivity contribution in [3.8, 4) is 0 Å². The van der Waals surface area contributed by atoms with Crippen molar-refractivity contribution in [2.75, 3.05) is 18.9 Å². The van der Waals surface area contributed by atoms with Crippen molar-refractivity contribution in [3.63, 3.8) is 0 Å². The summed E-state index contributed by atoms with van der Waals surface area (Å²) < 4.78 is 0. The molecule has 1 aliphatic rings. The molecule has 1 aromatic rings. The highest BCUT2D eigenvalue weighted by Gasteiger charge is 2.41. The van der Waals surface area contributed by atoms with Crippen molar-refractivity contribution < 1.29 is 4.79 Å². The number of nitrogens with zero attached hydrogens (tertiary/aromatic N) is 1. The van der Waals surface area contributed by atoms with Gasteiger partial charge < -0.3 is 10.6 Å². The Bertz CT molecular complexity index is 427. The van der Waals surface area contributed by atoms with Gasteiger partial charge in [-0.1, -0.05) is 13.3 Å². The van der Waals surface area contributed by atoms with E-state index in [-0.39, 0.29) is 5.91 Å². The number of carbonyl (C=O) groups excluding carboxylic acids is 1. The molecular formula is C14H21N3O. The van der Waals surface area contributed by atoms with Gasteiger partial charge in [0.1, 0.15) is 5.82 Å². The molecule has 0 atom stereocenters. The standard InChI is InChI=1S/C14H21N3O/c1-3-6-14(7-8-14)10-17-12-11(13(18)15-2)5-4-9-16-12/h4-5,9H,3,6-8,10H2,1-2H3,(H,15,18)(H,16,17). The molecule has 0 bridgehead atoms. The van der Waals surface area contributed by atoms with E-state index in [0.29, 0.717) is 16.8 Å². The third-order valence-corrected chi connectivity index (χ3v) is 3.65. The highest BCUT2D eigenvalue weighted by molar-refractivity contribution is 5.98. The van der Waals surface area contributed by atoms with E-state index in [1.54, 1.807) is 25.4 Å². The molecule has 1 amide bonds. The van der Waals surface area contributed by atoms with Crippen molar-refractivity contribution in [2.24, 2.45) is 5.41 Å². The maximum Gasteiger partial charge on any atom is 0.254 e. The maximum absolute atomic E-state index is 11.7. The van der Waals surface area contributed by atoms with Crippen LogP contribution >= 0.6 is 0 Å². The molecule has 1 aliphatic carbocycles. The average molecular weight is 247 g/mol. The predicted octanol–water partition coefficient (Wildman–Crippen LogP) is 2.43. The van der Waals surface area contributed by atoms with Crippen LogP contribution in [-0.2, 0) is 0 Å². The van der Waals surface area contributed by atoms with Crippen LogP contribution in [0.5, 0.6) is 0 Å². The molecule has 0 aromatic carbocycles. The Morgan fingerprint density at radius 3 is 2.89 bits per heavy atom. The quantitative estimate of drug-likeness (QED) is 0.811. The first-order valence-corrected chi connectivity index (χ1v) is 6.62. The monoisotopic (exact) mass is 247 g/mol. The zero-order chi connectivity index (χ0) is 13.0. The minimum atomic E-state index is -0.0917. The molecule has 0 radical (unpaired) electrons. The van der Waals surface area contributed by atoms with Crippen LogP contribution in [0.4, 0.5) is 5.82 Å². The van der Waals surface area contributed by atoms with Crippen LogP contribution in [0.2, 0.25) is 0 Å². The first-order valence-electron chi connectivity index (χ1n) is 6.62. The van der Waals surface area contributed by atoms with Crippen LogP contribution in [0, 0.1) is 5.41 Å². The van der Waals surface area contributed by atoms with E-state index >= 15 is 0 Å². The topological polar surface area (TPSA) is 54.0 Å². The summed E-state index contributed by atoms with van der Waals surface area (Å²) in [6.45, 7) is 3.14. The Labute approximate surface area is 108 Å². The van der Waals surface area contributed by atoms with Crippen LogP contribution in [-0.4, -0.2) is 24.5 Å². The second-order valence-corrected chi connectivity index (χ2v) is 5.08. The summed E-state index contributed by atoms with van der Waals surface area (Å²) in [5, 5.41) is 5.98. The molecule has 1 aromatic heterocycles. The first kappa shape index (κ1) is 12.9. The van der Waals surface area contributed by atoms with Crippen LogP contribution in [0.3, 0.4) is 0 Å². The number of pyridine rings is 1. The van der Waals surface area contributed by atoms with E-state index in [9.17, 15) is 4.79 Å². The summed E-state index contributed by atoms with van der Waals surface area (Å²) in [4.78, 5) is 16.0. The Hall–Kier alpha value is -1.58. The van der Waals surface area contributed by atoms with Crippen molar-refractivity contribution in [3.05, 3.63) is 23.9 Å². The first-order chi connectivity index (χ1) is 8.71. The second kappa shape index (κ2) is 5.38. The zero-order valence-corrected chi connectivity index (χ0v) is 11.1. The molecule has 98 valence electrons. The maximum atomic E-state index is 11.7. The molecule has 1 heterocycles. The van der Waals surface area contributed by atoms with Gasteiger partial charge in [0.05, 0.1) is 5.56 Å². The number of amides is 1. The van der Waals surface area contributed by atoms with E-state index in [1.165, 1.54) is 25.7 Å². The van der Waals surface area contributed by atoms with E-state index in [1.807, 2.05) is 0 Å². The smallest absolute Gasteiger partial charge is 0.254 e. The third-order valence-electron chi connectivity index (χ3n) is 3.65. The number of anilines is 1. The SMILES string of the molecule is CCCC1(CNc2ncccc2C(=O)NC)CC1. The van der Waals surface area contributed by atoms with E-state index < -0.39 is 0 Å². The van der Waals surface area contributed by atoms with E-state index in [0.717, 1.165) is 6.54 Å². The molecule has 1 fully saturated rings. The molecule has 4 nitrogen and oxygen atoms in total. The van der Waals surface area contributed by atoms with Gasteiger partial charge in [0.25, 0.3) is 5.91 Å². The van der Waals surface area contributed by atoms with Crippen molar-refractivity contribution in [1.82, 2.24) is 10.3 Å². The lowest BCUT2D eigenvalue weighted by atomic mass is 10.0. The molecule has 0 spiro atoms. The average Bonchev–Trinajstić information content (AvgIpc) is 3.16. The molecule has 0 saturated heterocycles. The molecule has 2 rings (SSSR count). The Kier molecular flexibility index (Phi) is 3.84. The highest BCUT2D eigenvalue weighted by Crippen LogP contribution is 2.49. The second-order valence-electron chi connectivity index (χ2n) is 5.08. The summed E-state index contributed by atoms with van der Waals surface area (Å²) in [7, 11) is 1.64. The summed E-state index contributed by atoms with van der Waals surface area (Å²) in [6, 6.07) is 3.59. The van der Waals surface area contributed by atoms with Crippen LogP contribution < -0.4 is 10.6 Å². The number of hydrogen-bond donors (Lipinski definition) is 2. The van der Waals surface area contributed by atoms with Crippen LogP contribution in [0.1, 0.15) is 43.0 Å². The van der Waals surface area contributed by atoms with Crippen LogP contribution in [0.25, 0.3) is 0 Å². The summed E-state index contributed by atoms with van der Waals surface area (Å²) in [5.74, 6) is 0.602. The number of nitrogens with one attached hydrogen (secondary N) is 2. The number of aromatic nitrogens is 1. The van der Waals surface area contributed by atoms with Gasteiger partial charge in [-0.05, 0) is 36.8 Å². The molecule has 4 heteroatoms. The van der Waals surface area contributed by atoms with Crippen LogP contribution in [0.15, 0.2) is 18.3 Å². The fourth-order valence-electron chi connectivity index (χ4n) is 2.36. The van der Waals surface area contributed by atoms with Crippen molar-refractivity contribution in [2.45, 2.75) is 32.6 Å². The number of rotatable bonds is 6. The minimum absolute atomic E-state index is 0.0917. The van der Waals surface area contributed by atoms with E-state index in [2.05, 4.69) is 22.5 Å². The number of hydrogen-bond acceptors (Lipinski definition) is 3. The number of carbonyl (C=O) groups is 1. The molecular weight excluding hydrogens is 226 g/mol. The Morgan fingerprint density at radius 1 is 1.50 bits per heavy atom. The lowest BCUT2D eigenvalue weighted by Gasteiger charge is -2.16. The fraction of sp³-hybridized carbons (Fsp3) is 0.571. The largest absolute Gasteiger partial charge is 0.369 e. The highest BCUT2D eigenvalue weighted by atomic mass is 16.1.